The summed E-state index contributed by atoms with van der Waals surface area (Å²) >= 11 is 0. The minimum atomic E-state index is -2.76. The topological polar surface area (TPSA) is 46.5 Å². The number of fused-ring (bicyclic) bond motifs is 1. The van der Waals surface area contributed by atoms with Gasteiger partial charge in [0.1, 0.15) is 11.6 Å². The molecule has 2 heterocycles. The van der Waals surface area contributed by atoms with E-state index in [0.717, 1.165) is 50.2 Å². The maximum Gasteiger partial charge on any atom is 0.265 e. The zero-order valence-electron chi connectivity index (χ0n) is 17.7. The van der Waals surface area contributed by atoms with Crippen LogP contribution < -0.4 is 15.0 Å². The minimum absolute atomic E-state index is 0.165. The summed E-state index contributed by atoms with van der Waals surface area (Å²) in [4.78, 5) is 2.54. The van der Waals surface area contributed by atoms with E-state index in [0.29, 0.717) is 10.6 Å². The number of benzene rings is 2. The van der Waals surface area contributed by atoms with Crippen molar-refractivity contribution in [1.82, 2.24) is 9.29 Å². The first-order valence-corrected chi connectivity index (χ1v) is 11.2. The van der Waals surface area contributed by atoms with Gasteiger partial charge in [-0.15, -0.1) is 0 Å². The Hall–Kier alpha value is -2.52. The van der Waals surface area contributed by atoms with Crippen molar-refractivity contribution in [3.8, 4) is 5.75 Å². The number of anilines is 1. The highest BCUT2D eigenvalue weighted by Crippen LogP contribution is 2.34. The van der Waals surface area contributed by atoms with Crippen LogP contribution in [0.3, 0.4) is 0 Å². The molecule has 1 fully saturated rings. The molecular weight excluding hydrogens is 427 g/mol. The van der Waals surface area contributed by atoms with E-state index in [4.69, 9.17) is 4.74 Å². The molecule has 9 heteroatoms. The Labute approximate surface area is 182 Å². The molecule has 1 N–H and O–H groups in total. The van der Waals surface area contributed by atoms with Gasteiger partial charge < -0.3 is 15.0 Å². The minimum Gasteiger partial charge on any atom is -0.495 e. The molecule has 0 saturated carbocycles. The Bertz CT molecular complexity index is 1070. The largest absolute Gasteiger partial charge is 0.495 e. The number of piperazine rings is 1. The molecule has 0 radical (unpaired) electrons. The highest BCUT2D eigenvalue weighted by atomic mass is 32.2. The predicted molar refractivity (Wildman–Crippen MR) is 118 cm³/mol. The molecule has 3 aromatic rings. The Morgan fingerprint density at radius 3 is 2.45 bits per heavy atom. The van der Waals surface area contributed by atoms with Crippen molar-refractivity contribution in [2.24, 2.45) is 0 Å². The molecule has 1 unspecified atom stereocenters. The van der Waals surface area contributed by atoms with Gasteiger partial charge in [-0.05, 0) is 36.4 Å². The summed E-state index contributed by atoms with van der Waals surface area (Å²) in [5.41, 5.74) is 0.680. The summed E-state index contributed by atoms with van der Waals surface area (Å²) in [7, 11) is -0.267. The van der Waals surface area contributed by atoms with Crippen molar-refractivity contribution in [3.63, 3.8) is 0 Å². The number of hydrogen-bond acceptors (Lipinski definition) is 4. The molecule has 168 valence electrons. The molecule has 1 atom stereocenters. The molecule has 0 spiro atoms. The number of methoxy groups -OCH3 is 1. The van der Waals surface area contributed by atoms with Crippen LogP contribution in [0.25, 0.3) is 10.9 Å². The molecule has 5 nitrogen and oxygen atoms in total. The highest BCUT2D eigenvalue weighted by molar-refractivity contribution is 7.83. The van der Waals surface area contributed by atoms with Crippen LogP contribution in [0, 0.1) is 5.82 Å². The average molecular weight is 454 g/mol. The molecule has 1 saturated heterocycles. The maximum atomic E-state index is 13.8. The predicted octanol–water partition coefficient (Wildman–Crippen LogP) is 4.73. The fourth-order valence-corrected chi connectivity index (χ4v) is 4.72. The van der Waals surface area contributed by atoms with Crippen LogP contribution in [0.1, 0.15) is 25.8 Å². The van der Waals surface area contributed by atoms with Gasteiger partial charge in [-0.25, -0.2) is 17.4 Å². The summed E-state index contributed by atoms with van der Waals surface area (Å²) in [5, 5.41) is 3.46. The number of rotatable bonds is 5. The Balaban J connectivity index is 0.00000132. The molecule has 1 aliphatic heterocycles. The third-order valence-electron chi connectivity index (χ3n) is 4.99. The Kier molecular flexibility index (Phi) is 7.61. The van der Waals surface area contributed by atoms with Gasteiger partial charge in [0.05, 0.1) is 23.2 Å². The van der Waals surface area contributed by atoms with E-state index in [2.05, 4.69) is 10.2 Å². The van der Waals surface area contributed by atoms with Crippen molar-refractivity contribution in [3.05, 3.63) is 54.0 Å². The number of nitrogens with zero attached hydrogens (tertiary/aromatic N) is 2. The molecule has 1 aliphatic rings. The first kappa shape index (κ1) is 23.1. The Morgan fingerprint density at radius 2 is 1.81 bits per heavy atom. The van der Waals surface area contributed by atoms with E-state index in [1.54, 1.807) is 25.3 Å². The van der Waals surface area contributed by atoms with Gasteiger partial charge in [0.2, 0.25) is 0 Å². The van der Waals surface area contributed by atoms with Crippen molar-refractivity contribution >= 4 is 27.6 Å². The second-order valence-electron chi connectivity index (χ2n) is 6.69. The lowest BCUT2D eigenvalue weighted by Crippen LogP contribution is -2.43. The second kappa shape index (κ2) is 10.2. The number of aromatic nitrogens is 1. The smallest absolute Gasteiger partial charge is 0.265 e. The number of ether oxygens (including phenoxy) is 1. The van der Waals surface area contributed by atoms with Gasteiger partial charge in [-0.3, -0.25) is 3.97 Å². The van der Waals surface area contributed by atoms with Gasteiger partial charge in [-0.1, -0.05) is 13.8 Å². The molecule has 31 heavy (non-hydrogen) atoms. The SMILES string of the molecule is CC.COc1ccc(S(=O)n2cc(C(F)F)c3ccc(F)cc32)cc1N1CCNCC1. The Morgan fingerprint density at radius 1 is 1.10 bits per heavy atom. The zero-order valence-corrected chi connectivity index (χ0v) is 18.5. The average Bonchev–Trinajstić information content (AvgIpc) is 3.19. The maximum absolute atomic E-state index is 13.8. The first-order valence-electron chi connectivity index (χ1n) is 10.1. The van der Waals surface area contributed by atoms with Crippen molar-refractivity contribution < 1.29 is 22.1 Å². The fraction of sp³-hybridized carbons (Fsp3) is 0.364. The number of hydrogen-bond donors (Lipinski definition) is 1. The second-order valence-corrected chi connectivity index (χ2v) is 8.06. The lowest BCUT2D eigenvalue weighted by Gasteiger charge is -2.30. The van der Waals surface area contributed by atoms with Crippen LogP contribution >= 0.6 is 0 Å². The van der Waals surface area contributed by atoms with Gasteiger partial charge in [0.15, 0.2) is 11.0 Å². The van der Waals surface area contributed by atoms with Crippen LogP contribution in [-0.4, -0.2) is 41.5 Å². The summed E-state index contributed by atoms with van der Waals surface area (Å²) in [6.07, 6.45) is -1.62. The standard InChI is InChI=1S/C20H20F3N3O2S.C2H6/c1-28-19-5-3-14(11-18(19)25-8-6-24-7-9-25)29(27)26-12-16(20(22)23)15-4-2-13(21)10-17(15)26;1-2/h2-5,10-12,20,24H,6-9H2,1H3;1-2H3. The van der Waals surface area contributed by atoms with Gasteiger partial charge in [0, 0.05) is 43.3 Å². The third-order valence-corrected chi connectivity index (χ3v) is 6.30. The number of halogens is 3. The molecule has 0 aliphatic carbocycles. The van der Waals surface area contributed by atoms with Gasteiger partial charge in [-0.2, -0.15) is 0 Å². The summed E-state index contributed by atoms with van der Waals surface area (Å²) < 4.78 is 60.6. The first-order chi connectivity index (χ1) is 15.0. The molecule has 0 amide bonds. The van der Waals surface area contributed by atoms with E-state index in [9.17, 15) is 17.4 Å². The molecule has 0 bridgehead atoms. The van der Waals surface area contributed by atoms with E-state index in [1.165, 1.54) is 10.0 Å². The molecule has 2 aromatic carbocycles. The van der Waals surface area contributed by atoms with Crippen LogP contribution in [-0.2, 0) is 11.0 Å². The van der Waals surface area contributed by atoms with Crippen molar-refractivity contribution in [1.29, 1.82) is 0 Å². The third kappa shape index (κ3) is 4.72. The fourth-order valence-electron chi connectivity index (χ4n) is 3.55. The summed E-state index contributed by atoms with van der Waals surface area (Å²) in [6.45, 7) is 7.16. The molecular formula is C22H26F3N3O2S. The highest BCUT2D eigenvalue weighted by Gasteiger charge is 2.22. The molecule has 4 rings (SSSR count). The van der Waals surface area contributed by atoms with Crippen molar-refractivity contribution in [2.45, 2.75) is 25.2 Å². The van der Waals surface area contributed by atoms with Crippen molar-refractivity contribution in [2.75, 3.05) is 38.2 Å². The summed E-state index contributed by atoms with van der Waals surface area (Å²) in [5.74, 6) is 0.0650. The van der Waals surface area contributed by atoms with Crippen LogP contribution in [0.2, 0.25) is 0 Å². The number of nitrogens with one attached hydrogen (secondary N) is 1. The molecule has 1 aromatic heterocycles. The summed E-state index contributed by atoms with van der Waals surface area (Å²) in [6, 6.07) is 8.63. The van der Waals surface area contributed by atoms with E-state index < -0.39 is 23.2 Å². The van der Waals surface area contributed by atoms with Gasteiger partial charge >= 0.3 is 0 Å². The monoisotopic (exact) mass is 453 g/mol. The lowest BCUT2D eigenvalue weighted by molar-refractivity contribution is 0.153. The van der Waals surface area contributed by atoms with Crippen LogP contribution in [0.4, 0.5) is 18.9 Å². The van der Waals surface area contributed by atoms with Gasteiger partial charge in [0.25, 0.3) is 6.43 Å². The van der Waals surface area contributed by atoms with Crippen LogP contribution in [0.15, 0.2) is 47.5 Å². The van der Waals surface area contributed by atoms with E-state index in [1.807, 2.05) is 13.8 Å². The quantitative estimate of drug-likeness (QED) is 0.607. The van der Waals surface area contributed by atoms with E-state index >= 15 is 0 Å². The van der Waals surface area contributed by atoms with Crippen LogP contribution in [0.5, 0.6) is 5.75 Å². The zero-order chi connectivity index (χ0) is 22.5. The lowest BCUT2D eigenvalue weighted by atomic mass is 10.2. The van der Waals surface area contributed by atoms with E-state index in [-0.39, 0.29) is 16.5 Å². The normalized spacial score (nSPS) is 15.0. The number of alkyl halides is 2.